The number of allylic oxidation sites excluding steroid dienone is 3. The summed E-state index contributed by atoms with van der Waals surface area (Å²) in [5.74, 6) is 1.91. The molecular weight excluding hydrogens is 176 g/mol. The van der Waals surface area contributed by atoms with Gasteiger partial charge >= 0.3 is 0 Å². The van der Waals surface area contributed by atoms with E-state index in [0.717, 1.165) is 17.9 Å². The van der Waals surface area contributed by atoms with Crippen LogP contribution in [0.5, 0.6) is 0 Å². The second-order valence-electron chi connectivity index (χ2n) is 3.69. The fraction of sp³-hybridized carbons (Fsp3) is 0.500. The first kappa shape index (κ1) is 9.38. The minimum absolute atomic E-state index is 0.898. The summed E-state index contributed by atoms with van der Waals surface area (Å²) in [4.78, 5) is 0. The summed E-state index contributed by atoms with van der Waals surface area (Å²) >= 11 is 0. The average molecular weight is 192 g/mol. The van der Waals surface area contributed by atoms with Gasteiger partial charge in [0.2, 0.25) is 11.5 Å². The summed E-state index contributed by atoms with van der Waals surface area (Å²) in [7, 11) is 0. The molecule has 1 aliphatic rings. The number of hydrogen-bond donors (Lipinski definition) is 0. The molecule has 0 aromatic carbocycles. The molecular formula is C12H16O2. The highest BCUT2D eigenvalue weighted by Crippen LogP contribution is 2.19. The first-order valence-electron chi connectivity index (χ1n) is 5.38. The van der Waals surface area contributed by atoms with Crippen molar-refractivity contribution in [3.8, 4) is 0 Å². The zero-order valence-electron chi connectivity index (χ0n) is 8.37. The molecule has 14 heavy (non-hydrogen) atoms. The SMILES string of the molecule is C1=C/CCCCCCc2ooc2/C=C/1. The summed E-state index contributed by atoms with van der Waals surface area (Å²) in [6.45, 7) is 0. The van der Waals surface area contributed by atoms with Gasteiger partial charge < -0.3 is 0 Å². The van der Waals surface area contributed by atoms with Crippen molar-refractivity contribution in [1.82, 2.24) is 0 Å². The van der Waals surface area contributed by atoms with Crippen LogP contribution in [0.4, 0.5) is 0 Å². The molecule has 1 heterocycles. The first-order valence-corrected chi connectivity index (χ1v) is 5.38. The first-order chi connectivity index (χ1) is 6.97. The molecule has 2 heteroatoms. The maximum absolute atomic E-state index is 4.94. The molecule has 0 amide bonds. The zero-order valence-corrected chi connectivity index (χ0v) is 8.37. The lowest BCUT2D eigenvalue weighted by Gasteiger charge is -2.05. The minimum atomic E-state index is 0.898. The monoisotopic (exact) mass is 192 g/mol. The third kappa shape index (κ3) is 2.41. The summed E-state index contributed by atoms with van der Waals surface area (Å²) in [6.07, 6.45) is 15.6. The van der Waals surface area contributed by atoms with E-state index in [1.165, 1.54) is 32.1 Å². The van der Waals surface area contributed by atoms with Crippen LogP contribution in [0.25, 0.3) is 6.08 Å². The third-order valence-electron chi connectivity index (χ3n) is 2.53. The van der Waals surface area contributed by atoms with E-state index in [2.05, 4.69) is 12.2 Å². The van der Waals surface area contributed by atoms with Gasteiger partial charge in [0.15, 0.2) is 0 Å². The van der Waals surface area contributed by atoms with E-state index in [-0.39, 0.29) is 0 Å². The normalized spacial score (nSPS) is 23.1. The topological polar surface area (TPSA) is 26.3 Å². The molecule has 0 unspecified atom stereocenters. The minimum Gasteiger partial charge on any atom is -0.290 e. The van der Waals surface area contributed by atoms with Crippen molar-refractivity contribution in [2.75, 3.05) is 0 Å². The lowest BCUT2D eigenvalue weighted by molar-refractivity contribution is -0.0205. The molecule has 0 bridgehead atoms. The Morgan fingerprint density at radius 1 is 0.929 bits per heavy atom. The number of aryl methyl sites for hydroxylation is 1. The predicted octanol–water partition coefficient (Wildman–Crippen LogP) is 3.95. The number of rotatable bonds is 0. The lowest BCUT2D eigenvalue weighted by Crippen LogP contribution is -1.93. The molecule has 0 fully saturated rings. The summed E-state index contributed by atoms with van der Waals surface area (Å²) in [6, 6.07) is 0. The largest absolute Gasteiger partial charge is 0.290 e. The van der Waals surface area contributed by atoms with Gasteiger partial charge in [-0.15, -0.1) is 0 Å². The van der Waals surface area contributed by atoms with Crippen molar-refractivity contribution in [2.45, 2.75) is 38.5 Å². The standard InChI is InChI=1S/C12H16O2/c1-2-4-6-8-10-12-11(13-14-12)9-7-5-3-1/h3,5,7,9H,1-2,4,6,8,10H2/b5-3+,9-7+. The van der Waals surface area contributed by atoms with Gasteiger partial charge in [-0.05, 0) is 25.3 Å². The van der Waals surface area contributed by atoms with Crippen LogP contribution < -0.4 is 0 Å². The van der Waals surface area contributed by atoms with Gasteiger partial charge in [0.25, 0.3) is 0 Å². The smallest absolute Gasteiger partial charge is 0.221 e. The quantitative estimate of drug-likeness (QED) is 0.582. The van der Waals surface area contributed by atoms with Crippen LogP contribution in [-0.2, 0) is 6.42 Å². The van der Waals surface area contributed by atoms with Gasteiger partial charge in [0.1, 0.15) is 0 Å². The molecule has 2 nitrogen and oxygen atoms in total. The second-order valence-corrected chi connectivity index (χ2v) is 3.69. The highest BCUT2D eigenvalue weighted by atomic mass is 17.0. The van der Waals surface area contributed by atoms with E-state index in [1.807, 2.05) is 12.2 Å². The summed E-state index contributed by atoms with van der Waals surface area (Å²) in [5, 5.41) is 0. The Balaban J connectivity index is 2.00. The van der Waals surface area contributed by atoms with Gasteiger partial charge in [-0.1, -0.05) is 31.1 Å². The van der Waals surface area contributed by atoms with Crippen LogP contribution >= 0.6 is 0 Å². The number of fused-ring (bicyclic) bond motifs is 1. The van der Waals surface area contributed by atoms with E-state index >= 15 is 0 Å². The fourth-order valence-corrected chi connectivity index (χ4v) is 1.65. The Labute approximate surface area is 84.2 Å². The van der Waals surface area contributed by atoms with E-state index in [9.17, 15) is 0 Å². The van der Waals surface area contributed by atoms with Crippen LogP contribution in [-0.4, -0.2) is 0 Å². The van der Waals surface area contributed by atoms with E-state index in [1.54, 1.807) is 0 Å². The Bertz CT molecular complexity index is 315. The third-order valence-corrected chi connectivity index (χ3v) is 2.53. The maximum Gasteiger partial charge on any atom is 0.221 e. The van der Waals surface area contributed by atoms with Crippen LogP contribution in [0.1, 0.15) is 43.6 Å². The highest BCUT2D eigenvalue weighted by molar-refractivity contribution is 5.46. The molecule has 2 rings (SSSR count). The van der Waals surface area contributed by atoms with Gasteiger partial charge in [-0.3, -0.25) is 9.15 Å². The van der Waals surface area contributed by atoms with Crippen LogP contribution in [0.15, 0.2) is 27.4 Å². The molecule has 76 valence electrons. The molecule has 1 aliphatic carbocycles. The van der Waals surface area contributed by atoms with Crippen LogP contribution in [0.2, 0.25) is 0 Å². The lowest BCUT2D eigenvalue weighted by atomic mass is 10.1. The maximum atomic E-state index is 4.94. The molecule has 0 N–H and O–H groups in total. The Morgan fingerprint density at radius 3 is 2.71 bits per heavy atom. The van der Waals surface area contributed by atoms with Gasteiger partial charge in [0, 0.05) is 6.42 Å². The van der Waals surface area contributed by atoms with Gasteiger partial charge in [-0.25, -0.2) is 0 Å². The molecule has 0 radical (unpaired) electrons. The molecule has 1 aromatic rings. The Kier molecular flexibility index (Phi) is 3.28. The average Bonchev–Trinajstić information content (AvgIpc) is 2.16. The van der Waals surface area contributed by atoms with Crippen molar-refractivity contribution in [1.29, 1.82) is 0 Å². The van der Waals surface area contributed by atoms with Crippen molar-refractivity contribution < 1.29 is 9.15 Å². The summed E-state index contributed by atoms with van der Waals surface area (Å²) < 4.78 is 9.84. The van der Waals surface area contributed by atoms with Crippen molar-refractivity contribution in [3.63, 3.8) is 0 Å². The van der Waals surface area contributed by atoms with Crippen molar-refractivity contribution in [3.05, 3.63) is 29.7 Å². The Morgan fingerprint density at radius 2 is 1.86 bits per heavy atom. The van der Waals surface area contributed by atoms with Crippen molar-refractivity contribution >= 4 is 6.08 Å². The molecule has 1 aromatic heterocycles. The molecule has 0 saturated heterocycles. The molecule has 0 spiro atoms. The zero-order chi connectivity index (χ0) is 9.64. The van der Waals surface area contributed by atoms with E-state index in [4.69, 9.17) is 9.15 Å². The second kappa shape index (κ2) is 4.89. The molecule has 0 saturated carbocycles. The van der Waals surface area contributed by atoms with Gasteiger partial charge in [-0.2, -0.15) is 0 Å². The van der Waals surface area contributed by atoms with E-state index in [0.29, 0.717) is 0 Å². The molecule has 0 aliphatic heterocycles. The van der Waals surface area contributed by atoms with Crippen LogP contribution in [0.3, 0.4) is 0 Å². The molecule has 0 atom stereocenters. The van der Waals surface area contributed by atoms with Crippen molar-refractivity contribution in [2.24, 2.45) is 0 Å². The van der Waals surface area contributed by atoms with Gasteiger partial charge in [0.05, 0.1) is 0 Å². The fourth-order valence-electron chi connectivity index (χ4n) is 1.65. The van der Waals surface area contributed by atoms with E-state index < -0.39 is 0 Å². The highest BCUT2D eigenvalue weighted by Gasteiger charge is 2.10. The number of hydrogen-bond acceptors (Lipinski definition) is 2. The predicted molar refractivity (Wildman–Crippen MR) is 55.9 cm³/mol. The van der Waals surface area contributed by atoms with Crippen LogP contribution in [0, 0.1) is 0 Å². The Hall–Kier alpha value is -1.18. The summed E-state index contributed by atoms with van der Waals surface area (Å²) in [5.41, 5.74) is 0.